The van der Waals surface area contributed by atoms with E-state index >= 15 is 0 Å². The summed E-state index contributed by atoms with van der Waals surface area (Å²) in [6, 6.07) is 0.991. The zero-order valence-corrected chi connectivity index (χ0v) is 9.03. The summed E-state index contributed by atoms with van der Waals surface area (Å²) in [6.45, 7) is 0. The van der Waals surface area contributed by atoms with Crippen LogP contribution in [0.2, 0.25) is 0 Å². The number of rotatable bonds is 2. The van der Waals surface area contributed by atoms with Gasteiger partial charge in [-0.25, -0.2) is 13.8 Å². The average Bonchev–Trinajstić information content (AvgIpc) is 2.59. The highest BCUT2D eigenvalue weighted by molar-refractivity contribution is 7.87. The molecule has 0 amide bonds. The number of hydrogen-bond donors (Lipinski definition) is 1. The molecule has 0 fully saturated rings. The minimum Gasteiger partial charge on any atom is -0.336 e. The van der Waals surface area contributed by atoms with Crippen LogP contribution in [0.4, 0.5) is 21.4 Å². The first-order valence-corrected chi connectivity index (χ1v) is 5.68. The molecule has 0 spiro atoms. The molecule has 0 atom stereocenters. The van der Waals surface area contributed by atoms with Crippen LogP contribution in [-0.2, 0) is 15.5 Å². The van der Waals surface area contributed by atoms with Gasteiger partial charge in [-0.3, -0.25) is 0 Å². The summed E-state index contributed by atoms with van der Waals surface area (Å²) in [5.74, 6) is -3.98. The number of hydrogen-bond acceptors (Lipinski definition) is 3. The third-order valence-corrected chi connectivity index (χ3v) is 2.89. The number of aromatic amines is 1. The minimum atomic E-state index is -6.27. The lowest BCUT2D eigenvalue weighted by Gasteiger charge is -2.06. The Morgan fingerprint density at radius 3 is 2.39 bits per heavy atom. The number of alkyl halides is 2. The fourth-order valence-corrected chi connectivity index (χ4v) is 1.62. The molecule has 2 rings (SSSR count). The molecule has 1 aromatic heterocycles. The van der Waals surface area contributed by atoms with Crippen molar-refractivity contribution in [1.29, 1.82) is 0 Å². The quantitative estimate of drug-likeness (QED) is 0.680. The molecule has 1 heterocycles. The molecule has 0 aliphatic heterocycles. The first-order valence-electron chi connectivity index (χ1n) is 4.30. The van der Waals surface area contributed by atoms with Gasteiger partial charge in [-0.1, -0.05) is 3.89 Å². The molecular formula is C8H3F5N2O2S. The number of halogens is 5. The van der Waals surface area contributed by atoms with E-state index < -0.39 is 44.0 Å². The Hall–Kier alpha value is -1.71. The second-order valence-corrected chi connectivity index (χ2v) is 4.71. The SMILES string of the molecule is O=S(=O)(F)C(F)(F)c1nc2c(F)cc(F)cc2[nH]1. The predicted molar refractivity (Wildman–Crippen MR) is 49.9 cm³/mol. The fraction of sp³-hybridized carbons (Fsp3) is 0.125. The van der Waals surface area contributed by atoms with E-state index in [1.165, 1.54) is 0 Å². The zero-order valence-electron chi connectivity index (χ0n) is 8.22. The number of H-pyrrole nitrogens is 1. The predicted octanol–water partition coefficient (Wildman–Crippen LogP) is 2.19. The highest BCUT2D eigenvalue weighted by atomic mass is 32.3. The average molecular weight is 286 g/mol. The number of nitrogens with zero attached hydrogens (tertiary/aromatic N) is 1. The third-order valence-electron chi connectivity index (χ3n) is 2.09. The molecule has 2 aromatic rings. The Kier molecular flexibility index (Phi) is 2.58. The van der Waals surface area contributed by atoms with Gasteiger partial charge in [-0.15, -0.1) is 0 Å². The first kappa shape index (κ1) is 12.7. The molecule has 0 saturated heterocycles. The Bertz CT molecular complexity index is 724. The van der Waals surface area contributed by atoms with Crippen molar-refractivity contribution < 1.29 is 29.9 Å². The van der Waals surface area contributed by atoms with Crippen molar-refractivity contribution in [2.75, 3.05) is 0 Å². The summed E-state index contributed by atoms with van der Waals surface area (Å²) in [5, 5.41) is -4.96. The number of benzene rings is 1. The first-order chi connectivity index (χ1) is 8.13. The summed E-state index contributed by atoms with van der Waals surface area (Å²) < 4.78 is 84.9. The van der Waals surface area contributed by atoms with Crippen LogP contribution in [-0.4, -0.2) is 18.4 Å². The maximum atomic E-state index is 13.1. The normalized spacial score (nSPS) is 13.2. The van der Waals surface area contributed by atoms with Crippen LogP contribution in [0.25, 0.3) is 11.0 Å². The van der Waals surface area contributed by atoms with Crippen molar-refractivity contribution in [2.45, 2.75) is 5.25 Å². The summed E-state index contributed by atoms with van der Waals surface area (Å²) in [7, 11) is -6.27. The van der Waals surface area contributed by atoms with Crippen molar-refractivity contribution in [3.05, 3.63) is 29.6 Å². The Morgan fingerprint density at radius 2 is 1.83 bits per heavy atom. The summed E-state index contributed by atoms with van der Waals surface area (Å²) in [4.78, 5) is 4.59. The van der Waals surface area contributed by atoms with Gasteiger partial charge in [0.25, 0.3) is 0 Å². The third kappa shape index (κ3) is 1.82. The molecule has 0 saturated carbocycles. The summed E-state index contributed by atoms with van der Waals surface area (Å²) in [6.07, 6.45) is 0. The molecule has 10 heteroatoms. The minimum absolute atomic E-state index is 0.370. The lowest BCUT2D eigenvalue weighted by molar-refractivity contribution is 0.0755. The molecular weight excluding hydrogens is 283 g/mol. The molecule has 18 heavy (non-hydrogen) atoms. The van der Waals surface area contributed by atoms with Crippen molar-refractivity contribution in [2.24, 2.45) is 0 Å². The second-order valence-electron chi connectivity index (χ2n) is 3.32. The van der Waals surface area contributed by atoms with E-state index in [2.05, 4.69) is 4.98 Å². The molecule has 0 aliphatic rings. The highest BCUT2D eigenvalue weighted by Crippen LogP contribution is 2.34. The van der Waals surface area contributed by atoms with Crippen LogP contribution in [0.1, 0.15) is 5.82 Å². The van der Waals surface area contributed by atoms with Crippen molar-refractivity contribution >= 4 is 21.3 Å². The van der Waals surface area contributed by atoms with E-state index in [-0.39, 0.29) is 0 Å². The highest BCUT2D eigenvalue weighted by Gasteiger charge is 2.50. The Balaban J connectivity index is 2.72. The van der Waals surface area contributed by atoms with Gasteiger partial charge in [0.2, 0.25) is 0 Å². The number of nitrogens with one attached hydrogen (secondary N) is 1. The van der Waals surface area contributed by atoms with Crippen LogP contribution in [0, 0.1) is 11.6 Å². The molecule has 0 aliphatic carbocycles. The van der Waals surface area contributed by atoms with Gasteiger partial charge in [0.15, 0.2) is 11.6 Å². The van der Waals surface area contributed by atoms with Gasteiger partial charge < -0.3 is 4.98 Å². The molecule has 0 unspecified atom stereocenters. The van der Waals surface area contributed by atoms with E-state index in [0.717, 1.165) is 0 Å². The zero-order chi connectivity index (χ0) is 13.7. The molecule has 0 radical (unpaired) electrons. The summed E-state index contributed by atoms with van der Waals surface area (Å²) in [5.41, 5.74) is -1.22. The molecule has 0 bridgehead atoms. The van der Waals surface area contributed by atoms with Crippen LogP contribution >= 0.6 is 0 Å². The van der Waals surface area contributed by atoms with Crippen LogP contribution in [0.5, 0.6) is 0 Å². The summed E-state index contributed by atoms with van der Waals surface area (Å²) >= 11 is 0. The van der Waals surface area contributed by atoms with Crippen molar-refractivity contribution in [3.63, 3.8) is 0 Å². The van der Waals surface area contributed by atoms with Gasteiger partial charge in [0.1, 0.15) is 11.3 Å². The van der Waals surface area contributed by atoms with Crippen molar-refractivity contribution in [1.82, 2.24) is 9.97 Å². The van der Waals surface area contributed by atoms with E-state index in [1.54, 1.807) is 4.98 Å². The number of imidazole rings is 1. The smallest absolute Gasteiger partial charge is 0.336 e. The maximum absolute atomic E-state index is 13.1. The van der Waals surface area contributed by atoms with Gasteiger partial charge in [0.05, 0.1) is 5.52 Å². The Morgan fingerprint density at radius 1 is 1.22 bits per heavy atom. The fourth-order valence-electron chi connectivity index (χ4n) is 1.30. The maximum Gasteiger partial charge on any atom is 0.430 e. The molecule has 4 nitrogen and oxygen atoms in total. The van der Waals surface area contributed by atoms with Crippen LogP contribution in [0.15, 0.2) is 12.1 Å². The largest absolute Gasteiger partial charge is 0.430 e. The topological polar surface area (TPSA) is 62.8 Å². The molecule has 98 valence electrons. The second kappa shape index (κ2) is 3.64. The lowest BCUT2D eigenvalue weighted by atomic mass is 10.3. The van der Waals surface area contributed by atoms with Crippen LogP contribution in [0.3, 0.4) is 0 Å². The van der Waals surface area contributed by atoms with Gasteiger partial charge >= 0.3 is 15.5 Å². The van der Waals surface area contributed by atoms with E-state index in [4.69, 9.17) is 0 Å². The van der Waals surface area contributed by atoms with Gasteiger partial charge in [-0.2, -0.15) is 17.2 Å². The van der Waals surface area contributed by atoms with Crippen molar-refractivity contribution in [3.8, 4) is 0 Å². The van der Waals surface area contributed by atoms with E-state index in [0.29, 0.717) is 12.1 Å². The van der Waals surface area contributed by atoms with Gasteiger partial charge in [-0.05, 0) is 6.07 Å². The standard InChI is InChI=1S/C8H3F5N2O2S/c9-3-1-4(10)6-5(2-3)14-7(15-6)8(11,12)18(13,16)17/h1-2H,(H,14,15). The monoisotopic (exact) mass is 286 g/mol. The lowest BCUT2D eigenvalue weighted by Crippen LogP contribution is -2.23. The number of aromatic nitrogens is 2. The van der Waals surface area contributed by atoms with E-state index in [1.807, 2.05) is 0 Å². The van der Waals surface area contributed by atoms with Crippen LogP contribution < -0.4 is 0 Å². The molecule has 1 N–H and O–H groups in total. The number of fused-ring (bicyclic) bond motifs is 1. The Labute approximate surface area is 96.7 Å². The van der Waals surface area contributed by atoms with Gasteiger partial charge in [0, 0.05) is 6.07 Å². The molecule has 1 aromatic carbocycles. The van der Waals surface area contributed by atoms with E-state index in [9.17, 15) is 29.9 Å².